The standard InChI is InChI=1S/C23H25ClN8O6S4/c1-9(25)18(33)28-4-5-39-7-10-6-27-3-2-11(10)41-12-8-40-21-15(20(35)32(21)16(12)22(36)37)29-19(34)14(31-38)13-17(24)42-23(26)30-13/h2-3,6,9,15,21,38H,4-5,7-8,25H2,1H3,(H2,26,30)(H,28,33)(H,29,34)(H,36,37)/b31-14-/t9-,15+,21+/m0/s1. The van der Waals surface area contributed by atoms with Crippen molar-refractivity contribution >= 4 is 92.8 Å². The Morgan fingerprint density at radius 1 is 1.38 bits per heavy atom. The van der Waals surface area contributed by atoms with Crippen LogP contribution in [0, 0.1) is 0 Å². The maximum Gasteiger partial charge on any atom is 0.353 e. The molecule has 1 fully saturated rings. The van der Waals surface area contributed by atoms with E-state index in [0.717, 1.165) is 26.7 Å². The van der Waals surface area contributed by atoms with Crippen LogP contribution in [0.2, 0.25) is 4.34 Å². The molecule has 2 aromatic rings. The highest BCUT2D eigenvalue weighted by atomic mass is 35.5. The molecule has 0 saturated carbocycles. The molecule has 224 valence electrons. The molecule has 1 saturated heterocycles. The van der Waals surface area contributed by atoms with E-state index < -0.39 is 41.0 Å². The van der Waals surface area contributed by atoms with Crippen LogP contribution in [0.25, 0.3) is 0 Å². The van der Waals surface area contributed by atoms with Gasteiger partial charge in [-0.05, 0) is 18.6 Å². The molecular formula is C23H25ClN8O6S4. The summed E-state index contributed by atoms with van der Waals surface area (Å²) >= 11 is 11.0. The maximum atomic E-state index is 13.1. The second-order valence-electron chi connectivity index (χ2n) is 8.78. The van der Waals surface area contributed by atoms with Crippen LogP contribution < -0.4 is 22.1 Å². The number of carboxylic acid groups (broad SMARTS) is 1. The molecule has 3 atom stereocenters. The number of thiazole rings is 1. The Kier molecular flexibility index (Phi) is 10.6. The number of β-lactam (4-membered cyclic amide) rings is 1. The smallest absolute Gasteiger partial charge is 0.353 e. The molecular weight excluding hydrogens is 648 g/mol. The van der Waals surface area contributed by atoms with E-state index >= 15 is 0 Å². The third kappa shape index (κ3) is 6.95. The van der Waals surface area contributed by atoms with Gasteiger partial charge in [0.25, 0.3) is 11.8 Å². The van der Waals surface area contributed by atoms with Crippen molar-refractivity contribution in [2.24, 2.45) is 10.9 Å². The van der Waals surface area contributed by atoms with E-state index in [1.807, 2.05) is 0 Å². The Labute approximate surface area is 261 Å². The van der Waals surface area contributed by atoms with Gasteiger partial charge in [-0.1, -0.05) is 39.9 Å². The number of amides is 3. The largest absolute Gasteiger partial charge is 0.477 e. The first-order chi connectivity index (χ1) is 20.0. The second-order valence-corrected chi connectivity index (χ2v) is 13.8. The molecule has 0 bridgehead atoms. The van der Waals surface area contributed by atoms with E-state index in [4.69, 9.17) is 23.1 Å². The lowest BCUT2D eigenvalue weighted by Crippen LogP contribution is -2.71. The number of nitrogen functional groups attached to an aromatic ring is 1. The lowest BCUT2D eigenvalue weighted by atomic mass is 10.0. The molecule has 0 unspecified atom stereocenters. The van der Waals surface area contributed by atoms with Crippen LogP contribution in [0.15, 0.2) is 39.1 Å². The summed E-state index contributed by atoms with van der Waals surface area (Å²) in [6, 6.07) is 0.125. The van der Waals surface area contributed by atoms with E-state index in [0.29, 0.717) is 23.0 Å². The number of anilines is 1. The summed E-state index contributed by atoms with van der Waals surface area (Å²) in [5, 5.41) is 27.0. The van der Waals surface area contributed by atoms with Gasteiger partial charge in [-0.2, -0.15) is 11.8 Å². The van der Waals surface area contributed by atoms with Gasteiger partial charge >= 0.3 is 5.97 Å². The molecule has 4 heterocycles. The highest BCUT2D eigenvalue weighted by molar-refractivity contribution is 8.06. The van der Waals surface area contributed by atoms with E-state index in [1.54, 1.807) is 37.1 Å². The first-order valence-corrected chi connectivity index (χ1v) is 16.3. The minimum Gasteiger partial charge on any atom is -0.477 e. The highest BCUT2D eigenvalue weighted by Crippen LogP contribution is 2.46. The third-order valence-electron chi connectivity index (χ3n) is 5.87. The molecule has 0 spiro atoms. The summed E-state index contributed by atoms with van der Waals surface area (Å²) < 4.78 is 0.0312. The molecule has 19 heteroatoms. The molecule has 0 aliphatic carbocycles. The van der Waals surface area contributed by atoms with Gasteiger partial charge < -0.3 is 32.4 Å². The number of pyridine rings is 1. The number of nitrogens with zero attached hydrogens (tertiary/aromatic N) is 4. The number of nitrogens with two attached hydrogens (primary N) is 2. The molecule has 2 aliphatic heterocycles. The fraction of sp³-hybridized carbons (Fsp3) is 0.348. The number of aromatic nitrogens is 2. The third-order valence-corrected chi connectivity index (χ3v) is 10.6. The Bertz CT molecular complexity index is 1470. The normalized spacial score (nSPS) is 19.2. The predicted molar refractivity (Wildman–Crippen MR) is 162 cm³/mol. The number of fused-ring (bicyclic) bond motifs is 1. The van der Waals surface area contributed by atoms with E-state index in [-0.39, 0.29) is 32.5 Å². The summed E-state index contributed by atoms with van der Waals surface area (Å²) in [5.41, 5.74) is 11.2. The van der Waals surface area contributed by atoms with Crippen LogP contribution in [0.3, 0.4) is 0 Å². The van der Waals surface area contributed by atoms with Gasteiger partial charge in [0.1, 0.15) is 27.1 Å². The molecule has 3 amide bonds. The minimum absolute atomic E-state index is 0.0312. The van der Waals surface area contributed by atoms with E-state index in [1.165, 1.54) is 23.5 Å². The Balaban J connectivity index is 1.44. The van der Waals surface area contributed by atoms with Gasteiger partial charge in [0.05, 0.1) is 6.04 Å². The lowest BCUT2D eigenvalue weighted by molar-refractivity contribution is -0.150. The fourth-order valence-corrected chi connectivity index (χ4v) is 8.31. The number of hydrogen-bond donors (Lipinski definition) is 6. The van der Waals surface area contributed by atoms with Crippen molar-refractivity contribution < 1.29 is 29.5 Å². The van der Waals surface area contributed by atoms with Crippen molar-refractivity contribution in [2.75, 3.05) is 23.8 Å². The summed E-state index contributed by atoms with van der Waals surface area (Å²) in [7, 11) is 0. The van der Waals surface area contributed by atoms with E-state index in [9.17, 15) is 29.5 Å². The maximum absolute atomic E-state index is 13.1. The predicted octanol–water partition coefficient (Wildman–Crippen LogP) is 1.14. The number of rotatable bonds is 12. The first-order valence-electron chi connectivity index (χ1n) is 12.1. The van der Waals surface area contributed by atoms with Crippen LogP contribution in [0.4, 0.5) is 5.13 Å². The zero-order valence-electron chi connectivity index (χ0n) is 21.8. The number of nitrogens with one attached hydrogen (secondary N) is 2. The van der Waals surface area contributed by atoms with Gasteiger partial charge in [-0.25, -0.2) is 9.78 Å². The highest BCUT2D eigenvalue weighted by Gasteiger charge is 2.54. The van der Waals surface area contributed by atoms with Crippen molar-refractivity contribution in [1.29, 1.82) is 0 Å². The van der Waals surface area contributed by atoms with Crippen molar-refractivity contribution in [3.8, 4) is 0 Å². The van der Waals surface area contributed by atoms with Gasteiger partial charge in [-0.15, -0.1) is 11.8 Å². The quantitative estimate of drug-likeness (QED) is 0.0612. The number of thioether (sulfide) groups is 3. The molecule has 2 aliphatic rings. The van der Waals surface area contributed by atoms with Crippen molar-refractivity contribution in [1.82, 2.24) is 25.5 Å². The van der Waals surface area contributed by atoms with E-state index in [2.05, 4.69) is 25.8 Å². The molecule has 0 radical (unpaired) electrons. The van der Waals surface area contributed by atoms with Crippen LogP contribution in [-0.2, 0) is 24.9 Å². The Morgan fingerprint density at radius 3 is 2.79 bits per heavy atom. The molecule has 2 aromatic heterocycles. The van der Waals surface area contributed by atoms with Crippen molar-refractivity contribution in [2.45, 2.75) is 35.0 Å². The van der Waals surface area contributed by atoms with Gasteiger partial charge in [-0.3, -0.25) is 24.3 Å². The van der Waals surface area contributed by atoms with Crippen LogP contribution in [0.5, 0.6) is 0 Å². The topological polar surface area (TPSA) is 226 Å². The SMILES string of the molecule is C[C@H](N)C(=O)NCCSCc1cnccc1SC1=C(C(=O)O)N2C(=O)[C@@H](NC(=O)/C(=N\O)c3nc(N)sc3Cl)[C@H]2SC1. The number of oxime groups is 1. The number of carbonyl (C=O) groups excluding carboxylic acids is 3. The van der Waals surface area contributed by atoms with Crippen LogP contribution in [0.1, 0.15) is 18.2 Å². The fourth-order valence-electron chi connectivity index (χ4n) is 3.89. The van der Waals surface area contributed by atoms with Crippen LogP contribution in [-0.4, -0.2) is 90.1 Å². The van der Waals surface area contributed by atoms with Gasteiger partial charge in [0, 0.05) is 46.0 Å². The Morgan fingerprint density at radius 2 is 2.14 bits per heavy atom. The van der Waals surface area contributed by atoms with Gasteiger partial charge in [0.2, 0.25) is 5.91 Å². The molecule has 4 rings (SSSR count). The minimum atomic E-state index is -1.28. The number of carbonyl (C=O) groups is 4. The van der Waals surface area contributed by atoms with Crippen LogP contribution >= 0.6 is 58.2 Å². The summed E-state index contributed by atoms with van der Waals surface area (Å²) in [6.07, 6.45) is 3.29. The second kappa shape index (κ2) is 14.0. The Hall–Kier alpha value is -3.03. The first kappa shape index (κ1) is 31.9. The van der Waals surface area contributed by atoms with Crippen molar-refractivity contribution in [3.05, 3.63) is 44.7 Å². The molecule has 42 heavy (non-hydrogen) atoms. The zero-order valence-corrected chi connectivity index (χ0v) is 25.8. The summed E-state index contributed by atoms with van der Waals surface area (Å²) in [5.74, 6) is -1.59. The number of hydrogen-bond acceptors (Lipinski definition) is 14. The monoisotopic (exact) mass is 672 g/mol. The number of carboxylic acids is 1. The molecule has 8 N–H and O–H groups in total. The molecule has 14 nitrogen and oxygen atoms in total. The summed E-state index contributed by atoms with van der Waals surface area (Å²) in [6.45, 7) is 2.06. The van der Waals surface area contributed by atoms with Gasteiger partial charge in [0.15, 0.2) is 10.8 Å². The average molecular weight is 673 g/mol. The van der Waals surface area contributed by atoms with Crippen molar-refractivity contribution in [3.63, 3.8) is 0 Å². The summed E-state index contributed by atoms with van der Waals surface area (Å²) in [4.78, 5) is 60.3. The lowest BCUT2D eigenvalue weighted by Gasteiger charge is -2.49. The number of aliphatic carboxylic acids is 1. The number of halogens is 1. The zero-order chi connectivity index (χ0) is 30.6. The molecule has 0 aromatic carbocycles. The average Bonchev–Trinajstić information content (AvgIpc) is 3.29.